The van der Waals surface area contributed by atoms with E-state index in [1.54, 1.807) is 0 Å². The molecule has 0 aliphatic heterocycles. The molecule has 1 aromatic rings. The SMILES string of the molecule is CC1(C(Cc2ccncc2)NN)CC1. The van der Waals surface area contributed by atoms with Gasteiger partial charge in [-0.05, 0) is 42.4 Å². The van der Waals surface area contributed by atoms with E-state index in [1.165, 1.54) is 18.4 Å². The Balaban J connectivity index is 2.02. The summed E-state index contributed by atoms with van der Waals surface area (Å²) in [5.41, 5.74) is 4.65. The Morgan fingerprint density at radius 1 is 1.50 bits per heavy atom. The van der Waals surface area contributed by atoms with Crippen molar-refractivity contribution in [2.24, 2.45) is 11.3 Å². The third-order valence-corrected chi connectivity index (χ3v) is 3.27. The number of nitrogens with two attached hydrogens (primary N) is 1. The highest BCUT2D eigenvalue weighted by Crippen LogP contribution is 2.48. The molecule has 1 aliphatic carbocycles. The zero-order chi connectivity index (χ0) is 10.0. The van der Waals surface area contributed by atoms with Crippen molar-refractivity contribution in [1.82, 2.24) is 10.4 Å². The molecule has 3 N–H and O–H groups in total. The second kappa shape index (κ2) is 3.67. The average molecular weight is 191 g/mol. The molecule has 1 saturated carbocycles. The van der Waals surface area contributed by atoms with Gasteiger partial charge in [-0.3, -0.25) is 16.3 Å². The Bertz CT molecular complexity index is 293. The van der Waals surface area contributed by atoms with Crippen molar-refractivity contribution in [3.05, 3.63) is 30.1 Å². The van der Waals surface area contributed by atoms with Gasteiger partial charge in [0, 0.05) is 18.4 Å². The molecule has 1 heterocycles. The summed E-state index contributed by atoms with van der Waals surface area (Å²) in [6.45, 7) is 2.29. The molecule has 1 aliphatic rings. The lowest BCUT2D eigenvalue weighted by atomic mass is 9.93. The predicted molar refractivity (Wildman–Crippen MR) is 56.4 cm³/mol. The van der Waals surface area contributed by atoms with Crippen molar-refractivity contribution in [3.63, 3.8) is 0 Å². The molecule has 1 atom stereocenters. The molecule has 1 unspecified atom stereocenters. The van der Waals surface area contributed by atoms with Crippen LogP contribution in [0.15, 0.2) is 24.5 Å². The molecule has 14 heavy (non-hydrogen) atoms. The predicted octanol–water partition coefficient (Wildman–Crippen LogP) is 1.26. The zero-order valence-electron chi connectivity index (χ0n) is 8.53. The van der Waals surface area contributed by atoms with Gasteiger partial charge in [0.2, 0.25) is 0 Å². The van der Waals surface area contributed by atoms with Crippen LogP contribution < -0.4 is 11.3 Å². The van der Waals surface area contributed by atoms with Crippen LogP contribution in [-0.4, -0.2) is 11.0 Å². The Labute approximate surface area is 84.7 Å². The van der Waals surface area contributed by atoms with Crippen molar-refractivity contribution >= 4 is 0 Å². The normalized spacial score (nSPS) is 20.4. The van der Waals surface area contributed by atoms with Gasteiger partial charge in [0.25, 0.3) is 0 Å². The summed E-state index contributed by atoms with van der Waals surface area (Å²) >= 11 is 0. The van der Waals surface area contributed by atoms with E-state index in [2.05, 4.69) is 29.5 Å². The monoisotopic (exact) mass is 191 g/mol. The van der Waals surface area contributed by atoms with Crippen LogP contribution in [-0.2, 0) is 6.42 Å². The largest absolute Gasteiger partial charge is 0.271 e. The molecule has 0 radical (unpaired) electrons. The van der Waals surface area contributed by atoms with E-state index in [9.17, 15) is 0 Å². The van der Waals surface area contributed by atoms with E-state index >= 15 is 0 Å². The second-order valence-corrected chi connectivity index (χ2v) is 4.43. The van der Waals surface area contributed by atoms with E-state index in [0.29, 0.717) is 11.5 Å². The van der Waals surface area contributed by atoms with Gasteiger partial charge >= 0.3 is 0 Å². The van der Waals surface area contributed by atoms with Crippen LogP contribution in [0.1, 0.15) is 25.3 Å². The van der Waals surface area contributed by atoms with E-state index in [1.807, 2.05) is 12.4 Å². The maximum absolute atomic E-state index is 5.58. The Hall–Kier alpha value is -0.930. The lowest BCUT2D eigenvalue weighted by Gasteiger charge is -2.22. The molecule has 76 valence electrons. The standard InChI is InChI=1S/C11H17N3/c1-11(4-5-11)10(14-12)8-9-2-6-13-7-3-9/h2-3,6-7,10,14H,4-5,8,12H2,1H3. The Kier molecular flexibility index (Phi) is 2.52. The summed E-state index contributed by atoms with van der Waals surface area (Å²) in [6.07, 6.45) is 7.23. The first-order valence-corrected chi connectivity index (χ1v) is 5.10. The van der Waals surface area contributed by atoms with E-state index in [4.69, 9.17) is 5.84 Å². The van der Waals surface area contributed by atoms with Crippen molar-refractivity contribution in [1.29, 1.82) is 0 Å². The maximum atomic E-state index is 5.58. The smallest absolute Gasteiger partial charge is 0.0304 e. The summed E-state index contributed by atoms with van der Waals surface area (Å²) in [5, 5.41) is 0. The first-order chi connectivity index (χ1) is 6.74. The van der Waals surface area contributed by atoms with Crippen LogP contribution in [0, 0.1) is 5.41 Å². The van der Waals surface area contributed by atoms with Crippen molar-refractivity contribution < 1.29 is 0 Å². The van der Waals surface area contributed by atoms with E-state index in [0.717, 1.165) is 6.42 Å². The second-order valence-electron chi connectivity index (χ2n) is 4.43. The molecule has 0 spiro atoms. The number of hydrogen-bond donors (Lipinski definition) is 2. The molecular weight excluding hydrogens is 174 g/mol. The molecule has 0 aromatic carbocycles. The average Bonchev–Trinajstić information content (AvgIpc) is 2.95. The molecule has 0 bridgehead atoms. The van der Waals surface area contributed by atoms with Gasteiger partial charge in [0.15, 0.2) is 0 Å². The minimum Gasteiger partial charge on any atom is -0.271 e. The Morgan fingerprint density at radius 3 is 2.64 bits per heavy atom. The van der Waals surface area contributed by atoms with Gasteiger partial charge in [0.05, 0.1) is 0 Å². The van der Waals surface area contributed by atoms with Gasteiger partial charge in [-0.1, -0.05) is 6.92 Å². The number of hydrogen-bond acceptors (Lipinski definition) is 3. The molecule has 3 nitrogen and oxygen atoms in total. The molecule has 1 aromatic heterocycles. The molecule has 0 saturated heterocycles. The quantitative estimate of drug-likeness (QED) is 0.556. The fourth-order valence-corrected chi connectivity index (χ4v) is 1.81. The van der Waals surface area contributed by atoms with Crippen LogP contribution in [0.3, 0.4) is 0 Å². The topological polar surface area (TPSA) is 50.9 Å². The van der Waals surface area contributed by atoms with Crippen LogP contribution in [0.25, 0.3) is 0 Å². The van der Waals surface area contributed by atoms with E-state index in [-0.39, 0.29) is 0 Å². The molecule has 1 fully saturated rings. The first kappa shape index (κ1) is 9.62. The number of nitrogens with zero attached hydrogens (tertiary/aromatic N) is 1. The van der Waals surface area contributed by atoms with Crippen molar-refractivity contribution in [2.45, 2.75) is 32.2 Å². The third-order valence-electron chi connectivity index (χ3n) is 3.27. The highest BCUT2D eigenvalue weighted by atomic mass is 15.2. The summed E-state index contributed by atoms with van der Waals surface area (Å²) in [4.78, 5) is 4.00. The van der Waals surface area contributed by atoms with Crippen LogP contribution >= 0.6 is 0 Å². The van der Waals surface area contributed by atoms with Crippen LogP contribution in [0.2, 0.25) is 0 Å². The first-order valence-electron chi connectivity index (χ1n) is 5.10. The highest BCUT2D eigenvalue weighted by molar-refractivity contribution is 5.14. The molecule has 0 amide bonds. The zero-order valence-corrected chi connectivity index (χ0v) is 8.53. The lowest BCUT2D eigenvalue weighted by Crippen LogP contribution is -2.42. The third kappa shape index (κ3) is 1.94. The maximum Gasteiger partial charge on any atom is 0.0304 e. The summed E-state index contributed by atoms with van der Waals surface area (Å²) in [6, 6.07) is 4.50. The van der Waals surface area contributed by atoms with Gasteiger partial charge in [-0.15, -0.1) is 0 Å². The summed E-state index contributed by atoms with van der Waals surface area (Å²) in [5.74, 6) is 5.58. The van der Waals surface area contributed by atoms with Gasteiger partial charge in [-0.2, -0.15) is 0 Å². The highest BCUT2D eigenvalue weighted by Gasteiger charge is 2.44. The summed E-state index contributed by atoms with van der Waals surface area (Å²) < 4.78 is 0. The van der Waals surface area contributed by atoms with Gasteiger partial charge < -0.3 is 0 Å². The van der Waals surface area contributed by atoms with E-state index < -0.39 is 0 Å². The van der Waals surface area contributed by atoms with Crippen LogP contribution in [0.5, 0.6) is 0 Å². The number of hydrazine groups is 1. The fraction of sp³-hybridized carbons (Fsp3) is 0.545. The molecular formula is C11H17N3. The number of pyridine rings is 1. The molecule has 2 rings (SSSR count). The van der Waals surface area contributed by atoms with Crippen molar-refractivity contribution in [2.75, 3.05) is 0 Å². The summed E-state index contributed by atoms with van der Waals surface area (Å²) in [7, 11) is 0. The van der Waals surface area contributed by atoms with Crippen LogP contribution in [0.4, 0.5) is 0 Å². The van der Waals surface area contributed by atoms with Crippen molar-refractivity contribution in [3.8, 4) is 0 Å². The molecule has 3 heteroatoms. The fourth-order valence-electron chi connectivity index (χ4n) is 1.81. The van der Waals surface area contributed by atoms with Gasteiger partial charge in [-0.25, -0.2) is 0 Å². The lowest BCUT2D eigenvalue weighted by molar-refractivity contribution is 0.359. The number of rotatable bonds is 4. The number of aromatic nitrogens is 1. The minimum atomic E-state index is 0.393. The Morgan fingerprint density at radius 2 is 2.14 bits per heavy atom. The minimum absolute atomic E-state index is 0.393. The number of nitrogens with one attached hydrogen (secondary N) is 1. The van der Waals surface area contributed by atoms with Gasteiger partial charge in [0.1, 0.15) is 0 Å².